The van der Waals surface area contributed by atoms with E-state index in [0.717, 1.165) is 24.3 Å². The van der Waals surface area contributed by atoms with Crippen LogP contribution in [0.25, 0.3) is 0 Å². The molecule has 0 aliphatic carbocycles. The van der Waals surface area contributed by atoms with Gasteiger partial charge in [-0.05, 0) is 31.9 Å². The summed E-state index contributed by atoms with van der Waals surface area (Å²) in [7, 11) is 0.680. The second kappa shape index (κ2) is 6.34. The molecule has 1 unspecified atom stereocenters. The number of methoxy groups -OCH3 is 1. The predicted octanol–water partition coefficient (Wildman–Crippen LogP) is 1.63. The number of nitrogens with one attached hydrogen (secondary N) is 1. The summed E-state index contributed by atoms with van der Waals surface area (Å²) in [6, 6.07) is 3.79. The lowest BCUT2D eigenvalue weighted by Gasteiger charge is -2.25. The highest BCUT2D eigenvalue weighted by Crippen LogP contribution is 2.20. The van der Waals surface area contributed by atoms with Gasteiger partial charge < -0.3 is 14.5 Å². The molecule has 19 heavy (non-hydrogen) atoms. The summed E-state index contributed by atoms with van der Waals surface area (Å²) in [5.41, 5.74) is 0. The van der Waals surface area contributed by atoms with Gasteiger partial charge in [-0.25, -0.2) is 4.79 Å². The summed E-state index contributed by atoms with van der Waals surface area (Å²) in [5.74, 6) is 1.99. The van der Waals surface area contributed by atoms with E-state index in [1.54, 1.807) is 12.1 Å². The van der Waals surface area contributed by atoms with Gasteiger partial charge in [0.25, 0.3) is 0 Å². The van der Waals surface area contributed by atoms with Crippen LogP contribution in [0.15, 0.2) is 16.5 Å². The molecular formula is C13H19NO4S. The summed E-state index contributed by atoms with van der Waals surface area (Å²) < 4.78 is 21.4. The lowest BCUT2D eigenvalue weighted by Crippen LogP contribution is -2.37. The molecule has 2 rings (SSSR count). The van der Waals surface area contributed by atoms with Crippen LogP contribution >= 0.6 is 0 Å². The Hall–Kier alpha value is -1.14. The second-order valence-corrected chi connectivity index (χ2v) is 6.40. The van der Waals surface area contributed by atoms with Gasteiger partial charge in [0.2, 0.25) is 5.76 Å². The van der Waals surface area contributed by atoms with Crippen LogP contribution in [0.4, 0.5) is 0 Å². The average Bonchev–Trinajstić information content (AvgIpc) is 2.90. The minimum absolute atomic E-state index is 0.0231. The number of hydrogen-bond acceptors (Lipinski definition) is 5. The van der Waals surface area contributed by atoms with Crippen molar-refractivity contribution in [2.75, 3.05) is 18.6 Å². The molecule has 0 amide bonds. The fraction of sp³-hybridized carbons (Fsp3) is 0.615. The molecule has 0 spiro atoms. The first-order valence-electron chi connectivity index (χ1n) is 6.39. The van der Waals surface area contributed by atoms with Crippen molar-refractivity contribution in [1.29, 1.82) is 0 Å². The molecule has 1 atom stereocenters. The van der Waals surface area contributed by atoms with Crippen LogP contribution in [0.5, 0.6) is 0 Å². The van der Waals surface area contributed by atoms with Gasteiger partial charge in [-0.3, -0.25) is 4.21 Å². The van der Waals surface area contributed by atoms with Crippen LogP contribution in [0, 0.1) is 0 Å². The van der Waals surface area contributed by atoms with Gasteiger partial charge in [0.05, 0.1) is 13.2 Å². The molecule has 0 bridgehead atoms. The lowest BCUT2D eigenvalue weighted by atomic mass is 10.1. The molecule has 5 nitrogen and oxygen atoms in total. The maximum atomic E-state index is 11.3. The highest BCUT2D eigenvalue weighted by Gasteiger charge is 2.21. The van der Waals surface area contributed by atoms with Crippen LogP contribution in [0.3, 0.4) is 0 Å². The van der Waals surface area contributed by atoms with E-state index in [4.69, 9.17) is 4.42 Å². The maximum Gasteiger partial charge on any atom is 0.373 e. The van der Waals surface area contributed by atoms with Crippen molar-refractivity contribution >= 4 is 16.8 Å². The van der Waals surface area contributed by atoms with Gasteiger partial charge in [0, 0.05) is 28.3 Å². The highest BCUT2D eigenvalue weighted by atomic mass is 32.2. The Labute approximate surface area is 115 Å². The van der Waals surface area contributed by atoms with Crippen molar-refractivity contribution in [2.45, 2.75) is 31.8 Å². The molecule has 1 aliphatic heterocycles. The van der Waals surface area contributed by atoms with E-state index < -0.39 is 16.8 Å². The van der Waals surface area contributed by atoms with Crippen LogP contribution in [-0.4, -0.2) is 34.8 Å². The zero-order valence-electron chi connectivity index (χ0n) is 11.2. The van der Waals surface area contributed by atoms with E-state index in [1.165, 1.54) is 7.11 Å². The summed E-state index contributed by atoms with van der Waals surface area (Å²) in [4.78, 5) is 11.3. The summed E-state index contributed by atoms with van der Waals surface area (Å²) in [6.45, 7) is 1.99. The molecule has 0 saturated carbocycles. The Morgan fingerprint density at radius 1 is 1.47 bits per heavy atom. The molecule has 1 aliphatic rings. The molecule has 6 heteroatoms. The zero-order chi connectivity index (χ0) is 13.8. The van der Waals surface area contributed by atoms with Crippen molar-refractivity contribution in [3.05, 3.63) is 23.7 Å². The quantitative estimate of drug-likeness (QED) is 0.852. The third kappa shape index (κ3) is 3.67. The number of furan rings is 1. The third-order valence-electron chi connectivity index (χ3n) is 3.31. The monoisotopic (exact) mass is 285 g/mol. The maximum absolute atomic E-state index is 11.3. The van der Waals surface area contributed by atoms with Gasteiger partial charge in [-0.15, -0.1) is 0 Å². The van der Waals surface area contributed by atoms with Crippen LogP contribution < -0.4 is 5.32 Å². The third-order valence-corrected chi connectivity index (χ3v) is 4.70. The summed E-state index contributed by atoms with van der Waals surface area (Å²) in [6.07, 6.45) is 1.84. The largest absolute Gasteiger partial charge is 0.463 e. The van der Waals surface area contributed by atoms with E-state index in [0.29, 0.717) is 11.8 Å². The van der Waals surface area contributed by atoms with Gasteiger partial charge in [-0.2, -0.15) is 0 Å². The first-order chi connectivity index (χ1) is 9.10. The number of carbonyl (C=O) groups is 1. The Balaban J connectivity index is 1.92. The van der Waals surface area contributed by atoms with Crippen LogP contribution in [0.1, 0.15) is 42.1 Å². The van der Waals surface area contributed by atoms with E-state index in [2.05, 4.69) is 10.1 Å². The standard InChI is InChI=1S/C13H19NO4S/c1-9(14-10-5-7-19(16)8-6-10)11-3-4-12(18-11)13(15)17-2/h3-4,9-10,14H,5-8H2,1-2H3. The molecule has 1 N–H and O–H groups in total. The smallest absolute Gasteiger partial charge is 0.373 e. The fourth-order valence-electron chi connectivity index (χ4n) is 2.19. The van der Waals surface area contributed by atoms with Crippen molar-refractivity contribution in [2.24, 2.45) is 0 Å². The van der Waals surface area contributed by atoms with Crippen LogP contribution in [-0.2, 0) is 15.5 Å². The van der Waals surface area contributed by atoms with Crippen molar-refractivity contribution < 1.29 is 18.2 Å². The number of ether oxygens (including phenoxy) is 1. The summed E-state index contributed by atoms with van der Waals surface area (Å²) in [5, 5.41) is 3.45. The molecule has 1 fully saturated rings. The SMILES string of the molecule is COC(=O)c1ccc(C(C)NC2CCS(=O)CC2)o1. The molecule has 106 valence electrons. The first kappa shape index (κ1) is 14.3. The number of hydrogen-bond donors (Lipinski definition) is 1. The minimum Gasteiger partial charge on any atom is -0.463 e. The molecule has 0 aromatic carbocycles. The molecule has 1 aromatic heterocycles. The number of rotatable bonds is 4. The second-order valence-electron chi connectivity index (χ2n) is 4.70. The van der Waals surface area contributed by atoms with Gasteiger partial charge in [0.15, 0.2) is 0 Å². The Morgan fingerprint density at radius 3 is 2.79 bits per heavy atom. The molecular weight excluding hydrogens is 266 g/mol. The first-order valence-corrected chi connectivity index (χ1v) is 7.88. The molecule has 0 radical (unpaired) electrons. The Bertz CT molecular complexity index is 461. The number of esters is 1. The van der Waals surface area contributed by atoms with Crippen molar-refractivity contribution in [1.82, 2.24) is 5.32 Å². The van der Waals surface area contributed by atoms with Gasteiger partial charge >= 0.3 is 5.97 Å². The Morgan fingerprint density at radius 2 is 2.16 bits per heavy atom. The predicted molar refractivity (Wildman–Crippen MR) is 72.5 cm³/mol. The molecule has 1 saturated heterocycles. The summed E-state index contributed by atoms with van der Waals surface area (Å²) >= 11 is 0. The van der Waals surface area contributed by atoms with Crippen molar-refractivity contribution in [3.63, 3.8) is 0 Å². The van der Waals surface area contributed by atoms with E-state index in [9.17, 15) is 9.00 Å². The van der Waals surface area contributed by atoms with E-state index >= 15 is 0 Å². The average molecular weight is 285 g/mol. The van der Waals surface area contributed by atoms with Crippen molar-refractivity contribution in [3.8, 4) is 0 Å². The van der Waals surface area contributed by atoms with E-state index in [1.807, 2.05) is 6.92 Å². The molecule has 2 heterocycles. The topological polar surface area (TPSA) is 68.5 Å². The zero-order valence-corrected chi connectivity index (χ0v) is 12.0. The normalized spacial score (nSPS) is 24.9. The van der Waals surface area contributed by atoms with Gasteiger partial charge in [-0.1, -0.05) is 0 Å². The minimum atomic E-state index is -0.648. The van der Waals surface area contributed by atoms with E-state index in [-0.39, 0.29) is 11.8 Å². The lowest BCUT2D eigenvalue weighted by molar-refractivity contribution is 0.0562. The Kier molecular flexibility index (Phi) is 4.76. The fourth-order valence-corrected chi connectivity index (χ4v) is 3.49. The molecule has 1 aromatic rings. The van der Waals surface area contributed by atoms with Crippen LogP contribution in [0.2, 0.25) is 0 Å². The number of carbonyl (C=O) groups excluding carboxylic acids is 1. The highest BCUT2D eigenvalue weighted by molar-refractivity contribution is 7.85. The van der Waals surface area contributed by atoms with Gasteiger partial charge in [0.1, 0.15) is 5.76 Å².